The van der Waals surface area contributed by atoms with Crippen LogP contribution in [-0.2, 0) is 0 Å². The summed E-state index contributed by atoms with van der Waals surface area (Å²) < 4.78 is 6.96. The predicted octanol–water partition coefficient (Wildman–Crippen LogP) is 0.991. The van der Waals surface area contributed by atoms with Crippen molar-refractivity contribution >= 4 is 17.1 Å². The maximum absolute atomic E-state index is 5.51. The van der Waals surface area contributed by atoms with E-state index in [9.17, 15) is 0 Å². The standard InChI is InChI=1S/C9H7N5O/c10-9-11-4-6-8(13-9)14(5-12-6)7-2-1-3-15-7/h1-5H,(H2,10,11,13). The summed E-state index contributed by atoms with van der Waals surface area (Å²) in [7, 11) is 0. The molecule has 0 saturated heterocycles. The number of furan rings is 1. The van der Waals surface area contributed by atoms with Gasteiger partial charge in [0, 0.05) is 6.07 Å². The van der Waals surface area contributed by atoms with Crippen molar-refractivity contribution in [3.63, 3.8) is 0 Å². The van der Waals surface area contributed by atoms with Crippen LogP contribution < -0.4 is 5.73 Å². The summed E-state index contributed by atoms with van der Waals surface area (Å²) >= 11 is 0. The number of rotatable bonds is 1. The predicted molar refractivity (Wildman–Crippen MR) is 53.3 cm³/mol. The molecular weight excluding hydrogens is 194 g/mol. The van der Waals surface area contributed by atoms with E-state index in [0.717, 1.165) is 0 Å². The van der Waals surface area contributed by atoms with Crippen molar-refractivity contribution in [2.75, 3.05) is 5.73 Å². The summed E-state index contributed by atoms with van der Waals surface area (Å²) in [5.74, 6) is 0.867. The van der Waals surface area contributed by atoms with Crippen LogP contribution in [0, 0.1) is 0 Å². The highest BCUT2D eigenvalue weighted by atomic mass is 16.3. The van der Waals surface area contributed by atoms with Gasteiger partial charge in [-0.3, -0.25) is 4.57 Å². The smallest absolute Gasteiger partial charge is 0.222 e. The highest BCUT2D eigenvalue weighted by Gasteiger charge is 2.08. The Morgan fingerprint density at radius 1 is 1.33 bits per heavy atom. The van der Waals surface area contributed by atoms with Gasteiger partial charge in [-0.05, 0) is 6.07 Å². The van der Waals surface area contributed by atoms with Crippen molar-refractivity contribution in [3.8, 4) is 5.88 Å². The lowest BCUT2D eigenvalue weighted by Gasteiger charge is -1.97. The van der Waals surface area contributed by atoms with Crippen molar-refractivity contribution < 1.29 is 4.42 Å². The third-order valence-corrected chi connectivity index (χ3v) is 2.05. The molecule has 3 heterocycles. The average molecular weight is 201 g/mol. The van der Waals surface area contributed by atoms with Gasteiger partial charge in [-0.25, -0.2) is 9.97 Å². The lowest BCUT2D eigenvalue weighted by molar-refractivity contribution is 0.541. The molecule has 0 spiro atoms. The molecule has 74 valence electrons. The van der Waals surface area contributed by atoms with E-state index in [0.29, 0.717) is 17.0 Å². The molecule has 15 heavy (non-hydrogen) atoms. The SMILES string of the molecule is Nc1ncc2ncn(-c3ccco3)c2n1. The first-order chi connectivity index (χ1) is 7.34. The normalized spacial score (nSPS) is 10.9. The van der Waals surface area contributed by atoms with Gasteiger partial charge in [0.05, 0.1) is 12.5 Å². The monoisotopic (exact) mass is 201 g/mol. The lowest BCUT2D eigenvalue weighted by atomic mass is 10.5. The zero-order chi connectivity index (χ0) is 10.3. The number of anilines is 1. The lowest BCUT2D eigenvalue weighted by Crippen LogP contribution is -1.97. The summed E-state index contributed by atoms with van der Waals surface area (Å²) in [5.41, 5.74) is 6.83. The van der Waals surface area contributed by atoms with E-state index in [2.05, 4.69) is 15.0 Å². The molecule has 6 heteroatoms. The van der Waals surface area contributed by atoms with E-state index in [1.165, 1.54) is 0 Å². The molecule has 3 aromatic rings. The minimum Gasteiger partial charge on any atom is -0.448 e. The molecular formula is C9H7N5O. The topological polar surface area (TPSA) is 82.8 Å². The minimum absolute atomic E-state index is 0.218. The molecule has 0 aliphatic heterocycles. The van der Waals surface area contributed by atoms with Crippen molar-refractivity contribution in [2.24, 2.45) is 0 Å². The molecule has 0 aromatic carbocycles. The first kappa shape index (κ1) is 7.98. The van der Waals surface area contributed by atoms with Gasteiger partial charge >= 0.3 is 0 Å². The Kier molecular flexibility index (Phi) is 1.49. The number of nitrogen functional groups attached to an aromatic ring is 1. The van der Waals surface area contributed by atoms with E-state index in [4.69, 9.17) is 10.2 Å². The molecule has 0 saturated carbocycles. The molecule has 0 aliphatic carbocycles. The van der Waals surface area contributed by atoms with Gasteiger partial charge in [-0.2, -0.15) is 4.98 Å². The molecule has 0 bridgehead atoms. The van der Waals surface area contributed by atoms with Crippen LogP contribution >= 0.6 is 0 Å². The molecule has 3 rings (SSSR count). The first-order valence-corrected chi connectivity index (χ1v) is 4.34. The Balaban J connectivity index is 2.32. The highest BCUT2D eigenvalue weighted by Crippen LogP contribution is 2.16. The Bertz CT molecular complexity index is 598. The molecule has 0 radical (unpaired) electrons. The largest absolute Gasteiger partial charge is 0.448 e. The van der Waals surface area contributed by atoms with Crippen LogP contribution in [0.4, 0.5) is 5.95 Å². The van der Waals surface area contributed by atoms with Crippen LogP contribution in [0.25, 0.3) is 17.0 Å². The van der Waals surface area contributed by atoms with Crippen molar-refractivity contribution in [3.05, 3.63) is 30.9 Å². The number of imidazole rings is 1. The van der Waals surface area contributed by atoms with Crippen LogP contribution in [0.2, 0.25) is 0 Å². The fraction of sp³-hybridized carbons (Fsp3) is 0. The second kappa shape index (κ2) is 2.81. The van der Waals surface area contributed by atoms with Crippen LogP contribution in [0.3, 0.4) is 0 Å². The summed E-state index contributed by atoms with van der Waals surface area (Å²) in [6.07, 6.45) is 4.79. The second-order valence-corrected chi connectivity index (χ2v) is 3.00. The van der Waals surface area contributed by atoms with Crippen LogP contribution in [-0.4, -0.2) is 19.5 Å². The average Bonchev–Trinajstić information content (AvgIpc) is 2.83. The van der Waals surface area contributed by atoms with Gasteiger partial charge in [0.2, 0.25) is 11.8 Å². The molecule has 2 N–H and O–H groups in total. The first-order valence-electron chi connectivity index (χ1n) is 4.34. The number of nitrogens with two attached hydrogens (primary N) is 1. The van der Waals surface area contributed by atoms with Crippen LogP contribution in [0.5, 0.6) is 0 Å². The van der Waals surface area contributed by atoms with Crippen LogP contribution in [0.1, 0.15) is 0 Å². The van der Waals surface area contributed by atoms with Gasteiger partial charge in [-0.1, -0.05) is 0 Å². The summed E-state index contributed by atoms with van der Waals surface area (Å²) in [6, 6.07) is 3.62. The Morgan fingerprint density at radius 3 is 3.07 bits per heavy atom. The molecule has 3 aromatic heterocycles. The van der Waals surface area contributed by atoms with Crippen molar-refractivity contribution in [1.29, 1.82) is 0 Å². The van der Waals surface area contributed by atoms with Gasteiger partial charge < -0.3 is 10.2 Å². The second-order valence-electron chi connectivity index (χ2n) is 3.00. The van der Waals surface area contributed by atoms with Crippen molar-refractivity contribution in [1.82, 2.24) is 19.5 Å². The van der Waals surface area contributed by atoms with Gasteiger partial charge in [-0.15, -0.1) is 0 Å². The molecule has 6 nitrogen and oxygen atoms in total. The van der Waals surface area contributed by atoms with E-state index < -0.39 is 0 Å². The zero-order valence-electron chi connectivity index (χ0n) is 7.66. The van der Waals surface area contributed by atoms with Gasteiger partial charge in [0.1, 0.15) is 11.8 Å². The minimum atomic E-state index is 0.218. The summed E-state index contributed by atoms with van der Waals surface area (Å²) in [4.78, 5) is 12.1. The number of hydrogen-bond donors (Lipinski definition) is 1. The molecule has 0 atom stereocenters. The van der Waals surface area contributed by atoms with E-state index in [1.54, 1.807) is 29.4 Å². The van der Waals surface area contributed by atoms with Crippen molar-refractivity contribution in [2.45, 2.75) is 0 Å². The van der Waals surface area contributed by atoms with Gasteiger partial charge in [0.25, 0.3) is 0 Å². The molecule has 0 fully saturated rings. The number of fused-ring (bicyclic) bond motifs is 1. The fourth-order valence-corrected chi connectivity index (χ4v) is 1.39. The Labute approximate surface area is 84.4 Å². The number of nitrogens with zero attached hydrogens (tertiary/aromatic N) is 4. The quantitative estimate of drug-likeness (QED) is 0.634. The van der Waals surface area contributed by atoms with E-state index in [1.807, 2.05) is 6.07 Å². The number of hydrogen-bond acceptors (Lipinski definition) is 5. The van der Waals surface area contributed by atoms with E-state index in [-0.39, 0.29) is 5.95 Å². The molecule has 0 aliphatic rings. The summed E-state index contributed by atoms with van der Waals surface area (Å²) in [5, 5.41) is 0. The number of aromatic nitrogens is 4. The maximum atomic E-state index is 5.51. The third-order valence-electron chi connectivity index (χ3n) is 2.05. The third kappa shape index (κ3) is 1.15. The Morgan fingerprint density at radius 2 is 2.27 bits per heavy atom. The van der Waals surface area contributed by atoms with Crippen LogP contribution in [0.15, 0.2) is 35.3 Å². The van der Waals surface area contributed by atoms with E-state index >= 15 is 0 Å². The zero-order valence-corrected chi connectivity index (χ0v) is 7.66. The summed E-state index contributed by atoms with van der Waals surface area (Å²) in [6.45, 7) is 0. The maximum Gasteiger partial charge on any atom is 0.222 e. The highest BCUT2D eigenvalue weighted by molar-refractivity contribution is 5.72. The van der Waals surface area contributed by atoms with Gasteiger partial charge in [0.15, 0.2) is 5.65 Å². The molecule has 0 unspecified atom stereocenters. The molecule has 0 amide bonds. The fourth-order valence-electron chi connectivity index (χ4n) is 1.39. The Hall–Kier alpha value is -2.37.